The second-order valence-corrected chi connectivity index (χ2v) is 11.0. The highest BCUT2D eigenvalue weighted by Crippen LogP contribution is 2.33. The monoisotopic (exact) mass is 495 g/mol. The van der Waals surface area contributed by atoms with Gasteiger partial charge in [-0.2, -0.15) is 0 Å². The molecule has 0 aliphatic carbocycles. The van der Waals surface area contributed by atoms with Crippen molar-refractivity contribution in [1.29, 1.82) is 0 Å². The van der Waals surface area contributed by atoms with E-state index in [2.05, 4.69) is 4.72 Å². The Balaban J connectivity index is 1.35. The Morgan fingerprint density at radius 1 is 1.06 bits per heavy atom. The van der Waals surface area contributed by atoms with Gasteiger partial charge in [0, 0.05) is 24.6 Å². The van der Waals surface area contributed by atoms with Crippen molar-refractivity contribution < 1.29 is 17.6 Å². The number of carbonyl (C=O) groups excluding carboxylic acids is 1. The number of para-hydroxylation sites is 2. The van der Waals surface area contributed by atoms with Crippen molar-refractivity contribution in [1.82, 2.24) is 9.88 Å². The summed E-state index contributed by atoms with van der Waals surface area (Å²) in [4.78, 5) is 19.7. The van der Waals surface area contributed by atoms with Gasteiger partial charge < -0.3 is 4.90 Å². The maximum atomic E-state index is 13.9. The Kier molecular flexibility index (Phi) is 6.05. The van der Waals surface area contributed by atoms with Gasteiger partial charge in [0.05, 0.1) is 25.8 Å². The lowest BCUT2D eigenvalue weighted by Crippen LogP contribution is -2.39. The molecule has 0 bridgehead atoms. The summed E-state index contributed by atoms with van der Waals surface area (Å²) >= 11 is 1.65. The van der Waals surface area contributed by atoms with Crippen molar-refractivity contribution in [2.45, 2.75) is 23.7 Å². The van der Waals surface area contributed by atoms with Gasteiger partial charge in [-0.15, -0.1) is 11.3 Å². The van der Waals surface area contributed by atoms with Crippen molar-refractivity contribution in [3.63, 3.8) is 0 Å². The van der Waals surface area contributed by atoms with Gasteiger partial charge in [-0.1, -0.05) is 30.3 Å². The van der Waals surface area contributed by atoms with Crippen LogP contribution in [0.4, 0.5) is 10.1 Å². The quantitative estimate of drug-likeness (QED) is 0.410. The number of hydrogen-bond donors (Lipinski definition) is 1. The third-order valence-corrected chi connectivity index (χ3v) is 8.44. The molecular formula is C25H22FN3O3S2. The van der Waals surface area contributed by atoms with Crippen LogP contribution >= 0.6 is 11.3 Å². The number of halogens is 1. The van der Waals surface area contributed by atoms with Crippen LogP contribution in [0.1, 0.15) is 34.1 Å². The summed E-state index contributed by atoms with van der Waals surface area (Å²) < 4.78 is 43.0. The van der Waals surface area contributed by atoms with Gasteiger partial charge in [-0.25, -0.2) is 17.8 Å². The molecule has 1 N–H and O–H groups in total. The molecule has 1 fully saturated rings. The number of nitrogens with zero attached hydrogens (tertiary/aromatic N) is 2. The fourth-order valence-electron chi connectivity index (χ4n) is 4.15. The second kappa shape index (κ2) is 9.15. The van der Waals surface area contributed by atoms with E-state index in [4.69, 9.17) is 4.98 Å². The van der Waals surface area contributed by atoms with Crippen LogP contribution in [-0.4, -0.2) is 37.3 Å². The average Bonchev–Trinajstić information content (AvgIpc) is 3.30. The lowest BCUT2D eigenvalue weighted by Gasteiger charge is -2.32. The van der Waals surface area contributed by atoms with Crippen molar-refractivity contribution >= 4 is 43.2 Å². The summed E-state index contributed by atoms with van der Waals surface area (Å²) in [5.41, 5.74) is 1.10. The van der Waals surface area contributed by atoms with Crippen molar-refractivity contribution in [2.75, 3.05) is 17.8 Å². The Morgan fingerprint density at radius 2 is 1.85 bits per heavy atom. The van der Waals surface area contributed by atoms with E-state index in [1.807, 2.05) is 24.3 Å². The Morgan fingerprint density at radius 3 is 2.68 bits per heavy atom. The lowest BCUT2D eigenvalue weighted by molar-refractivity contribution is 0.0707. The SMILES string of the molecule is O=C(c1cccc(S(=O)(=O)Nc2ccccc2F)c1)N1CCC[C@@H](c2nc3ccccc3s2)C1. The minimum absolute atomic E-state index is 0.0960. The Labute approximate surface area is 201 Å². The topological polar surface area (TPSA) is 79.4 Å². The predicted octanol–water partition coefficient (Wildman–Crippen LogP) is 5.26. The molecule has 1 aromatic heterocycles. The van der Waals surface area contributed by atoms with E-state index < -0.39 is 15.8 Å². The van der Waals surface area contributed by atoms with Crippen molar-refractivity contribution in [3.8, 4) is 0 Å². The van der Waals surface area contributed by atoms with Crippen LogP contribution in [-0.2, 0) is 10.0 Å². The van der Waals surface area contributed by atoms with E-state index in [1.165, 1.54) is 36.4 Å². The molecule has 6 nitrogen and oxygen atoms in total. The summed E-state index contributed by atoms with van der Waals surface area (Å²) in [5, 5.41) is 1.02. The molecule has 9 heteroatoms. The number of nitrogens with one attached hydrogen (secondary N) is 1. The molecule has 5 rings (SSSR count). The molecule has 1 aliphatic rings. The minimum Gasteiger partial charge on any atom is -0.338 e. The Hall–Kier alpha value is -3.30. The van der Waals surface area contributed by atoms with E-state index >= 15 is 0 Å². The zero-order chi connectivity index (χ0) is 23.7. The van der Waals surface area contributed by atoms with Gasteiger partial charge in [0.1, 0.15) is 5.82 Å². The molecule has 1 amide bonds. The third kappa shape index (κ3) is 4.53. The molecule has 1 saturated heterocycles. The maximum absolute atomic E-state index is 13.9. The number of hydrogen-bond acceptors (Lipinski definition) is 5. The summed E-state index contributed by atoms with van der Waals surface area (Å²) in [6.45, 7) is 1.13. The molecule has 3 aromatic carbocycles. The van der Waals surface area contributed by atoms with Gasteiger partial charge in [-0.05, 0) is 55.3 Å². The standard InChI is InChI=1S/C25H22FN3O3S2/c26-20-10-1-2-11-21(20)28-34(31,32)19-9-5-7-17(15-19)25(30)29-14-6-8-18(16-29)24-27-22-12-3-4-13-23(22)33-24/h1-5,7,9-13,15,18,28H,6,8,14,16H2/t18-/m1/s1. The number of anilines is 1. The van der Waals surface area contributed by atoms with Crippen LogP contribution in [0.2, 0.25) is 0 Å². The third-order valence-electron chi connectivity index (χ3n) is 5.88. The fourth-order valence-corrected chi connectivity index (χ4v) is 6.36. The van der Waals surface area contributed by atoms with E-state index in [0.29, 0.717) is 13.1 Å². The molecule has 34 heavy (non-hydrogen) atoms. The van der Waals surface area contributed by atoms with Gasteiger partial charge in [0.25, 0.3) is 15.9 Å². The van der Waals surface area contributed by atoms with E-state index in [1.54, 1.807) is 28.4 Å². The zero-order valence-corrected chi connectivity index (χ0v) is 19.8. The first-order chi connectivity index (χ1) is 16.4. The number of likely N-dealkylation sites (tertiary alicyclic amines) is 1. The van der Waals surface area contributed by atoms with E-state index in [9.17, 15) is 17.6 Å². The summed E-state index contributed by atoms with van der Waals surface area (Å²) in [6, 6.07) is 19.4. The number of benzene rings is 3. The smallest absolute Gasteiger partial charge is 0.262 e. The highest BCUT2D eigenvalue weighted by atomic mass is 32.2. The minimum atomic E-state index is -4.06. The molecule has 174 valence electrons. The van der Waals surface area contributed by atoms with Gasteiger partial charge in [0.15, 0.2) is 0 Å². The Bertz CT molecular complexity index is 1440. The maximum Gasteiger partial charge on any atom is 0.262 e. The molecule has 4 aromatic rings. The highest BCUT2D eigenvalue weighted by Gasteiger charge is 2.28. The molecule has 2 heterocycles. The van der Waals surface area contributed by atoms with Crippen LogP contribution in [0, 0.1) is 5.82 Å². The molecule has 0 unspecified atom stereocenters. The van der Waals surface area contributed by atoms with Crippen LogP contribution in [0.3, 0.4) is 0 Å². The number of piperidine rings is 1. The van der Waals surface area contributed by atoms with Crippen molar-refractivity contribution in [2.24, 2.45) is 0 Å². The van der Waals surface area contributed by atoms with Crippen LogP contribution in [0.5, 0.6) is 0 Å². The molecule has 1 atom stereocenters. The molecular weight excluding hydrogens is 473 g/mol. The van der Waals surface area contributed by atoms with Crippen molar-refractivity contribution in [3.05, 3.63) is 89.2 Å². The van der Waals surface area contributed by atoms with Crippen LogP contribution < -0.4 is 4.72 Å². The lowest BCUT2D eigenvalue weighted by atomic mass is 9.98. The fraction of sp³-hybridized carbons (Fsp3) is 0.200. The zero-order valence-electron chi connectivity index (χ0n) is 18.1. The van der Waals surface area contributed by atoms with Gasteiger partial charge >= 0.3 is 0 Å². The number of thiazole rings is 1. The first kappa shape index (κ1) is 22.5. The number of sulfonamides is 1. The second-order valence-electron chi connectivity index (χ2n) is 8.22. The van der Waals surface area contributed by atoms with Crippen LogP contribution in [0.15, 0.2) is 77.7 Å². The van der Waals surface area contributed by atoms with Crippen LogP contribution in [0.25, 0.3) is 10.2 Å². The highest BCUT2D eigenvalue weighted by molar-refractivity contribution is 7.92. The predicted molar refractivity (Wildman–Crippen MR) is 131 cm³/mol. The average molecular weight is 496 g/mol. The number of fused-ring (bicyclic) bond motifs is 1. The number of aromatic nitrogens is 1. The van der Waals surface area contributed by atoms with Gasteiger partial charge in [-0.3, -0.25) is 9.52 Å². The number of carbonyl (C=O) groups is 1. The molecule has 0 saturated carbocycles. The molecule has 1 aliphatic heterocycles. The van der Waals surface area contributed by atoms with E-state index in [-0.39, 0.29) is 28.0 Å². The normalized spacial score (nSPS) is 16.5. The summed E-state index contributed by atoms with van der Waals surface area (Å²) in [6.07, 6.45) is 1.80. The van der Waals surface area contributed by atoms with Gasteiger partial charge in [0.2, 0.25) is 0 Å². The summed E-state index contributed by atoms with van der Waals surface area (Å²) in [5.74, 6) is -0.758. The largest absolute Gasteiger partial charge is 0.338 e. The van der Waals surface area contributed by atoms with E-state index in [0.717, 1.165) is 28.1 Å². The molecule has 0 radical (unpaired) electrons. The summed E-state index contributed by atoms with van der Waals surface area (Å²) in [7, 11) is -4.06. The number of amides is 1. The molecule has 0 spiro atoms. The first-order valence-corrected chi connectivity index (χ1v) is 13.2. The first-order valence-electron chi connectivity index (χ1n) is 10.9. The number of rotatable bonds is 5.